The Hall–Kier alpha value is -1.08. The van der Waals surface area contributed by atoms with Gasteiger partial charge in [-0.2, -0.15) is 0 Å². The van der Waals surface area contributed by atoms with E-state index in [9.17, 15) is 0 Å². The van der Waals surface area contributed by atoms with Crippen LogP contribution in [0.1, 0.15) is 18.9 Å². The van der Waals surface area contributed by atoms with E-state index in [4.69, 9.17) is 4.74 Å². The maximum absolute atomic E-state index is 5.68. The van der Waals surface area contributed by atoms with Gasteiger partial charge < -0.3 is 4.74 Å². The lowest BCUT2D eigenvalue weighted by molar-refractivity contribution is 0.109. The summed E-state index contributed by atoms with van der Waals surface area (Å²) in [7, 11) is 0. The lowest BCUT2D eigenvalue weighted by atomic mass is 10.2. The predicted octanol–water partition coefficient (Wildman–Crippen LogP) is 3.42. The second-order valence-corrected chi connectivity index (χ2v) is 4.45. The van der Waals surface area contributed by atoms with Crippen molar-refractivity contribution in [3.63, 3.8) is 0 Å². The Labute approximate surface area is 91.8 Å². The first-order valence-corrected chi connectivity index (χ1v) is 5.54. The van der Waals surface area contributed by atoms with Crippen LogP contribution in [0.15, 0.2) is 42.5 Å². The van der Waals surface area contributed by atoms with E-state index in [0.29, 0.717) is 0 Å². The molecule has 1 nitrogen and oxygen atoms in total. The highest BCUT2D eigenvalue weighted by Gasteiger charge is 2.37. The highest BCUT2D eigenvalue weighted by Crippen LogP contribution is 2.43. The first-order valence-electron chi connectivity index (χ1n) is 5.54. The first-order chi connectivity index (χ1) is 7.27. The van der Waals surface area contributed by atoms with Crippen molar-refractivity contribution in [3.05, 3.63) is 48.0 Å². The molecule has 1 heteroatoms. The molecule has 2 rings (SSSR count). The molecule has 0 amide bonds. The van der Waals surface area contributed by atoms with Crippen LogP contribution in [0.3, 0.4) is 0 Å². The number of benzene rings is 1. The quantitative estimate of drug-likeness (QED) is 0.665. The number of hydrogen-bond acceptors (Lipinski definition) is 1. The van der Waals surface area contributed by atoms with Gasteiger partial charge in [-0.15, -0.1) is 0 Å². The maximum atomic E-state index is 5.68. The highest BCUT2D eigenvalue weighted by molar-refractivity contribution is 5.13. The zero-order valence-corrected chi connectivity index (χ0v) is 9.28. The average molecular weight is 202 g/mol. The van der Waals surface area contributed by atoms with E-state index in [0.717, 1.165) is 25.0 Å². The van der Waals surface area contributed by atoms with E-state index in [2.05, 4.69) is 25.6 Å². The molecule has 1 aromatic rings. The van der Waals surface area contributed by atoms with Gasteiger partial charge in [-0.25, -0.2) is 0 Å². The normalized spacial score (nSPS) is 23.8. The van der Waals surface area contributed by atoms with Gasteiger partial charge in [0.25, 0.3) is 0 Å². The Kier molecular flexibility index (Phi) is 3.22. The highest BCUT2D eigenvalue weighted by atomic mass is 16.5. The van der Waals surface area contributed by atoms with Gasteiger partial charge in [0.05, 0.1) is 13.2 Å². The molecule has 1 aliphatic rings. The summed E-state index contributed by atoms with van der Waals surface area (Å²) in [6.07, 6.45) is 1.27. The molecule has 0 N–H and O–H groups in total. The Morgan fingerprint density at radius 3 is 2.73 bits per heavy atom. The molecule has 2 atom stereocenters. The van der Waals surface area contributed by atoms with Crippen LogP contribution in [-0.2, 0) is 11.3 Å². The monoisotopic (exact) mass is 202 g/mol. The zero-order chi connectivity index (χ0) is 10.7. The van der Waals surface area contributed by atoms with Crippen molar-refractivity contribution < 1.29 is 4.74 Å². The van der Waals surface area contributed by atoms with Gasteiger partial charge in [0, 0.05) is 0 Å². The fraction of sp³-hybridized carbons (Fsp3) is 0.429. The third-order valence-electron chi connectivity index (χ3n) is 3.00. The Morgan fingerprint density at radius 2 is 2.13 bits per heavy atom. The first kappa shape index (κ1) is 10.4. The van der Waals surface area contributed by atoms with Crippen LogP contribution in [0.25, 0.3) is 0 Å². The average Bonchev–Trinajstić information content (AvgIpc) is 2.99. The second kappa shape index (κ2) is 4.63. The smallest absolute Gasteiger partial charge is 0.0717 e. The van der Waals surface area contributed by atoms with Crippen molar-refractivity contribution >= 4 is 0 Å². The second-order valence-electron chi connectivity index (χ2n) is 4.45. The van der Waals surface area contributed by atoms with E-state index in [1.54, 1.807) is 0 Å². The van der Waals surface area contributed by atoms with E-state index < -0.39 is 0 Å². The topological polar surface area (TPSA) is 9.23 Å². The lowest BCUT2D eigenvalue weighted by Gasteiger charge is -2.03. The third kappa shape index (κ3) is 2.93. The van der Waals surface area contributed by atoms with E-state index in [1.807, 2.05) is 18.2 Å². The van der Waals surface area contributed by atoms with Crippen LogP contribution in [0.2, 0.25) is 0 Å². The summed E-state index contributed by atoms with van der Waals surface area (Å²) in [5.74, 6) is 1.45. The maximum Gasteiger partial charge on any atom is 0.0717 e. The molecule has 0 heterocycles. The molecule has 15 heavy (non-hydrogen) atoms. The van der Waals surface area contributed by atoms with Gasteiger partial charge in [0.2, 0.25) is 0 Å². The molecule has 0 saturated heterocycles. The van der Waals surface area contributed by atoms with Gasteiger partial charge in [0.1, 0.15) is 0 Å². The fourth-order valence-electron chi connectivity index (χ4n) is 1.94. The minimum Gasteiger partial charge on any atom is -0.376 e. The molecule has 0 aromatic heterocycles. The largest absolute Gasteiger partial charge is 0.376 e. The van der Waals surface area contributed by atoms with Gasteiger partial charge in [-0.1, -0.05) is 42.5 Å². The molecule has 80 valence electrons. The SMILES string of the molecule is C=C(C)C1C[C@@H]1COCc1ccccc1. The van der Waals surface area contributed by atoms with Crippen LogP contribution < -0.4 is 0 Å². The van der Waals surface area contributed by atoms with Crippen LogP contribution in [0, 0.1) is 11.8 Å². The van der Waals surface area contributed by atoms with E-state index in [1.165, 1.54) is 17.6 Å². The molecule has 1 saturated carbocycles. The van der Waals surface area contributed by atoms with Crippen molar-refractivity contribution in [3.8, 4) is 0 Å². The van der Waals surface area contributed by atoms with E-state index in [-0.39, 0.29) is 0 Å². The lowest BCUT2D eigenvalue weighted by Crippen LogP contribution is -1.98. The summed E-state index contributed by atoms with van der Waals surface area (Å²) in [6, 6.07) is 10.3. The van der Waals surface area contributed by atoms with Crippen molar-refractivity contribution in [2.24, 2.45) is 11.8 Å². The van der Waals surface area contributed by atoms with Gasteiger partial charge in [-0.05, 0) is 30.7 Å². The van der Waals surface area contributed by atoms with Crippen LogP contribution in [0.4, 0.5) is 0 Å². The molecule has 1 fully saturated rings. The van der Waals surface area contributed by atoms with Gasteiger partial charge in [0.15, 0.2) is 0 Å². The minimum atomic E-state index is 0.723. The van der Waals surface area contributed by atoms with Crippen molar-refractivity contribution in [1.29, 1.82) is 0 Å². The third-order valence-corrected chi connectivity index (χ3v) is 3.00. The summed E-state index contributed by atoms with van der Waals surface area (Å²) in [4.78, 5) is 0. The van der Waals surface area contributed by atoms with Gasteiger partial charge >= 0.3 is 0 Å². The van der Waals surface area contributed by atoms with Crippen LogP contribution in [0.5, 0.6) is 0 Å². The van der Waals surface area contributed by atoms with Crippen molar-refractivity contribution in [2.45, 2.75) is 20.0 Å². The number of rotatable bonds is 5. The fourth-order valence-corrected chi connectivity index (χ4v) is 1.94. The molecular formula is C14H18O. The van der Waals surface area contributed by atoms with Crippen molar-refractivity contribution in [1.82, 2.24) is 0 Å². The molecule has 0 bridgehead atoms. The molecule has 1 unspecified atom stereocenters. The molecular weight excluding hydrogens is 184 g/mol. The Bertz CT molecular complexity index is 328. The van der Waals surface area contributed by atoms with Gasteiger partial charge in [-0.3, -0.25) is 0 Å². The molecule has 0 aliphatic heterocycles. The predicted molar refractivity (Wildman–Crippen MR) is 62.5 cm³/mol. The van der Waals surface area contributed by atoms with Crippen LogP contribution in [-0.4, -0.2) is 6.61 Å². The summed E-state index contributed by atoms with van der Waals surface area (Å²) in [6.45, 7) is 7.71. The summed E-state index contributed by atoms with van der Waals surface area (Å²) < 4.78 is 5.68. The zero-order valence-electron chi connectivity index (χ0n) is 9.28. The molecule has 0 radical (unpaired) electrons. The van der Waals surface area contributed by atoms with Crippen molar-refractivity contribution in [2.75, 3.05) is 6.61 Å². The Morgan fingerprint density at radius 1 is 1.40 bits per heavy atom. The minimum absolute atomic E-state index is 0.723. The summed E-state index contributed by atoms with van der Waals surface area (Å²) >= 11 is 0. The number of ether oxygens (including phenoxy) is 1. The summed E-state index contributed by atoms with van der Waals surface area (Å²) in [5.41, 5.74) is 2.56. The molecule has 1 aliphatic carbocycles. The Balaban J connectivity index is 1.67. The molecule has 1 aromatic carbocycles. The molecule has 0 spiro atoms. The standard InChI is InChI=1S/C14H18O/c1-11(2)14-8-13(14)10-15-9-12-6-4-3-5-7-12/h3-7,13-14H,1,8-10H2,2H3/t13-,14?/m1/s1. The van der Waals surface area contributed by atoms with Crippen LogP contribution >= 0.6 is 0 Å². The number of allylic oxidation sites excluding steroid dienone is 1. The summed E-state index contributed by atoms with van der Waals surface area (Å²) in [5, 5.41) is 0. The number of hydrogen-bond donors (Lipinski definition) is 0. The van der Waals surface area contributed by atoms with E-state index >= 15 is 0 Å².